The van der Waals surface area contributed by atoms with Crippen LogP contribution in [0.5, 0.6) is 0 Å². The Balaban J connectivity index is 0. The number of hydroxylamine groups is 1. The summed E-state index contributed by atoms with van der Waals surface area (Å²) in [5.74, 6) is 0. The van der Waals surface area contributed by atoms with E-state index in [-0.39, 0.29) is 65.2 Å². The maximum atomic E-state index is 10.1. The fraction of sp³-hybridized carbons (Fsp3) is 1.00. The molecule has 0 aromatic heterocycles. The van der Waals surface area contributed by atoms with Crippen LogP contribution in [0.4, 0.5) is 0 Å². The van der Waals surface area contributed by atoms with Gasteiger partial charge < -0.3 is 14.4 Å². The van der Waals surface area contributed by atoms with Crippen molar-refractivity contribution in [1.29, 1.82) is 0 Å². The molecule has 1 fully saturated rings. The van der Waals surface area contributed by atoms with Gasteiger partial charge in [0, 0.05) is 6.04 Å². The Morgan fingerprint density at radius 3 is 2.07 bits per heavy atom. The molecule has 8 heteroatoms. The van der Waals surface area contributed by atoms with Crippen molar-refractivity contribution >= 4 is 7.82 Å². The van der Waals surface area contributed by atoms with Gasteiger partial charge in [0.1, 0.15) is 0 Å². The minimum absolute atomic E-state index is 0. The molecule has 0 amide bonds. The molecule has 72 valence electrons. The maximum Gasteiger partial charge on any atom is 1.00 e. The Hall–Kier alpha value is 2.07. The summed E-state index contributed by atoms with van der Waals surface area (Å²) in [7, 11) is -4.84. The molecule has 0 unspecified atom stereocenters. The molecule has 1 aliphatic rings. The number of nitrogens with one attached hydrogen (secondary N) is 1. The first kappa shape index (κ1) is 18.4. The van der Waals surface area contributed by atoms with Crippen molar-refractivity contribution in [3.63, 3.8) is 0 Å². The molecule has 1 N–H and O–H groups in total. The smallest absolute Gasteiger partial charge is 0.788 e. The molecule has 0 heterocycles. The molecule has 0 aliphatic heterocycles. The Kier molecular flexibility index (Phi) is 12.0. The van der Waals surface area contributed by atoms with Crippen LogP contribution in [0.2, 0.25) is 0 Å². The number of phosphoric acid groups is 1. The van der Waals surface area contributed by atoms with E-state index in [9.17, 15) is 14.4 Å². The van der Waals surface area contributed by atoms with Gasteiger partial charge in [0.15, 0.2) is 0 Å². The molecule has 14 heavy (non-hydrogen) atoms. The van der Waals surface area contributed by atoms with Gasteiger partial charge in [-0.15, -0.1) is 0 Å². The van der Waals surface area contributed by atoms with Gasteiger partial charge in [0.2, 0.25) is 0 Å². The zero-order chi connectivity index (χ0) is 9.03. The minimum atomic E-state index is -4.84. The fourth-order valence-electron chi connectivity index (χ4n) is 1.36. The van der Waals surface area contributed by atoms with Crippen LogP contribution in [-0.4, -0.2) is 6.04 Å². The third-order valence-corrected chi connectivity index (χ3v) is 2.27. The monoisotopic (exact) mass is 239 g/mol. The molecule has 0 radical (unpaired) electrons. The second kappa shape index (κ2) is 9.14. The zero-order valence-corrected chi connectivity index (χ0v) is 13.6. The predicted octanol–water partition coefficient (Wildman–Crippen LogP) is -6.32. The van der Waals surface area contributed by atoms with E-state index in [1.54, 1.807) is 0 Å². The van der Waals surface area contributed by atoms with E-state index >= 15 is 0 Å². The van der Waals surface area contributed by atoms with Crippen molar-refractivity contribution in [2.45, 2.75) is 38.1 Å². The molecular weight excluding hydrogens is 227 g/mol. The second-order valence-corrected chi connectivity index (χ2v) is 4.07. The Labute approximate surface area is 128 Å². The molecule has 0 spiro atoms. The van der Waals surface area contributed by atoms with Crippen molar-refractivity contribution < 1.29 is 78.1 Å². The van der Waals surface area contributed by atoms with Crippen LogP contribution in [0.1, 0.15) is 32.1 Å². The molecule has 0 saturated heterocycles. The second-order valence-electron chi connectivity index (χ2n) is 2.99. The van der Waals surface area contributed by atoms with E-state index in [0.717, 1.165) is 25.7 Å². The van der Waals surface area contributed by atoms with Crippen LogP contribution in [0.25, 0.3) is 0 Å². The molecule has 0 aromatic rings. The predicted molar refractivity (Wildman–Crippen MR) is 38.7 cm³/mol. The van der Waals surface area contributed by atoms with Crippen molar-refractivity contribution in [2.24, 2.45) is 0 Å². The Morgan fingerprint density at radius 1 is 1.14 bits per heavy atom. The largest absolute Gasteiger partial charge is 1.00 e. The van der Waals surface area contributed by atoms with Crippen LogP contribution in [0.15, 0.2) is 0 Å². The van der Waals surface area contributed by atoms with Gasteiger partial charge in [-0.05, 0) is 12.8 Å². The first-order valence-electron chi connectivity index (χ1n) is 4.04. The summed E-state index contributed by atoms with van der Waals surface area (Å²) < 4.78 is 14.0. The number of rotatable bonds is 3. The van der Waals surface area contributed by atoms with Crippen LogP contribution in [-0.2, 0) is 9.19 Å². The van der Waals surface area contributed by atoms with Gasteiger partial charge in [-0.3, -0.25) is 4.62 Å². The number of hydrogen-bond donors (Lipinski definition) is 1. The molecule has 1 saturated carbocycles. The Morgan fingerprint density at radius 2 is 1.64 bits per heavy atom. The third kappa shape index (κ3) is 9.31. The van der Waals surface area contributed by atoms with Crippen molar-refractivity contribution in [3.8, 4) is 0 Å². The molecule has 0 aromatic carbocycles. The molecule has 1 aliphatic carbocycles. The van der Waals surface area contributed by atoms with Gasteiger partial charge in [-0.2, -0.15) is 5.48 Å². The molecular formula is C6H12NNa2O4P. The van der Waals surface area contributed by atoms with Gasteiger partial charge in [0.05, 0.1) is 7.82 Å². The van der Waals surface area contributed by atoms with Crippen LogP contribution in [0, 0.1) is 0 Å². The summed E-state index contributed by atoms with van der Waals surface area (Å²) in [5.41, 5.74) is 2.27. The summed E-state index contributed by atoms with van der Waals surface area (Å²) in [4.78, 5) is 20.1. The van der Waals surface area contributed by atoms with Crippen molar-refractivity contribution in [2.75, 3.05) is 0 Å². The summed E-state index contributed by atoms with van der Waals surface area (Å²) >= 11 is 0. The summed E-state index contributed by atoms with van der Waals surface area (Å²) in [5, 5.41) is 0. The summed E-state index contributed by atoms with van der Waals surface area (Å²) in [6.45, 7) is 0. The average molecular weight is 239 g/mol. The van der Waals surface area contributed by atoms with Gasteiger partial charge in [-0.1, -0.05) is 19.3 Å². The zero-order valence-electron chi connectivity index (χ0n) is 8.69. The number of hydrogen-bond acceptors (Lipinski definition) is 5. The average Bonchev–Trinajstić information content (AvgIpc) is 2.02. The molecule has 0 bridgehead atoms. The minimum Gasteiger partial charge on any atom is -0.788 e. The van der Waals surface area contributed by atoms with Gasteiger partial charge in [-0.25, -0.2) is 0 Å². The quantitative estimate of drug-likeness (QED) is 0.301. The van der Waals surface area contributed by atoms with Gasteiger partial charge in [0.25, 0.3) is 0 Å². The van der Waals surface area contributed by atoms with E-state index in [1.165, 1.54) is 6.42 Å². The Bertz CT molecular complexity index is 183. The molecule has 0 atom stereocenters. The third-order valence-electron chi connectivity index (χ3n) is 1.94. The van der Waals surface area contributed by atoms with Gasteiger partial charge >= 0.3 is 59.1 Å². The van der Waals surface area contributed by atoms with E-state index in [4.69, 9.17) is 0 Å². The van der Waals surface area contributed by atoms with Crippen LogP contribution >= 0.6 is 7.82 Å². The van der Waals surface area contributed by atoms with E-state index in [0.29, 0.717) is 0 Å². The first-order chi connectivity index (χ1) is 5.58. The molecule has 1 rings (SSSR count). The topological polar surface area (TPSA) is 84.5 Å². The SMILES string of the molecule is O=P([O-])([O-])ONC1CCCCC1.[Na+].[Na+]. The maximum absolute atomic E-state index is 10.1. The summed E-state index contributed by atoms with van der Waals surface area (Å²) in [6.07, 6.45) is 5.04. The van der Waals surface area contributed by atoms with E-state index in [1.807, 2.05) is 0 Å². The first-order valence-corrected chi connectivity index (χ1v) is 5.50. The van der Waals surface area contributed by atoms with E-state index < -0.39 is 7.82 Å². The fourth-order valence-corrected chi connectivity index (χ4v) is 1.64. The van der Waals surface area contributed by atoms with Crippen LogP contribution < -0.4 is 74.4 Å². The normalized spacial score (nSPS) is 18.1. The molecule has 5 nitrogen and oxygen atoms in total. The van der Waals surface area contributed by atoms with Crippen molar-refractivity contribution in [3.05, 3.63) is 0 Å². The summed E-state index contributed by atoms with van der Waals surface area (Å²) in [6, 6.07) is 0.0231. The van der Waals surface area contributed by atoms with Crippen molar-refractivity contribution in [1.82, 2.24) is 5.48 Å². The van der Waals surface area contributed by atoms with Crippen LogP contribution in [0.3, 0.4) is 0 Å². The standard InChI is InChI=1S/C6H14NO4P.2Na/c8-12(9,10)11-7-6-4-2-1-3-5-6;;/h6-7H,1-5H2,(H2,8,9,10);;/q;2*+1/p-2. The van der Waals surface area contributed by atoms with E-state index in [2.05, 4.69) is 10.1 Å².